The normalized spacial score (nSPS) is 13.3. The number of nitrogens with zero attached hydrogens (tertiary/aromatic N) is 3. The topological polar surface area (TPSA) is 67.6 Å². The van der Waals surface area contributed by atoms with E-state index >= 15 is 0 Å². The lowest BCUT2D eigenvalue weighted by Crippen LogP contribution is -2.26. The quantitative estimate of drug-likeness (QED) is 0.920. The highest BCUT2D eigenvalue weighted by atomic mass is 16.7. The predicted molar refractivity (Wildman–Crippen MR) is 71.3 cm³/mol. The highest BCUT2D eigenvalue weighted by molar-refractivity contribution is 5.91. The van der Waals surface area contributed by atoms with Crippen molar-refractivity contribution in [2.45, 2.75) is 13.3 Å². The van der Waals surface area contributed by atoms with E-state index in [1.165, 1.54) is 6.20 Å². The number of aromatic carboxylic acids is 1. The van der Waals surface area contributed by atoms with Gasteiger partial charge >= 0.3 is 5.97 Å². The molecule has 0 amide bonds. The first-order valence-electron chi connectivity index (χ1n) is 6.15. The van der Waals surface area contributed by atoms with E-state index in [1.54, 1.807) is 22.0 Å². The molecule has 2 heterocycles. The molecule has 0 spiro atoms. The van der Waals surface area contributed by atoms with E-state index in [-0.39, 0.29) is 5.56 Å². The van der Waals surface area contributed by atoms with Crippen LogP contribution in [0.3, 0.4) is 0 Å². The maximum atomic E-state index is 11.0. The zero-order valence-electron chi connectivity index (χ0n) is 10.6. The van der Waals surface area contributed by atoms with E-state index in [1.807, 2.05) is 30.3 Å². The Labute approximate surface area is 115 Å². The first-order valence-corrected chi connectivity index (χ1v) is 6.15. The monoisotopic (exact) mass is 271 g/mol. The zero-order chi connectivity index (χ0) is 13.9. The molecule has 0 radical (unpaired) electrons. The Kier molecular flexibility index (Phi) is 3.22. The van der Waals surface area contributed by atoms with Crippen LogP contribution >= 0.6 is 0 Å². The molecule has 6 nitrogen and oxygen atoms in total. The predicted octanol–water partition coefficient (Wildman–Crippen LogP) is 1.96. The number of carboxylic acids is 1. The van der Waals surface area contributed by atoms with Crippen LogP contribution < -0.4 is 0 Å². The van der Waals surface area contributed by atoms with Gasteiger partial charge in [-0.05, 0) is 11.6 Å². The van der Waals surface area contributed by atoms with Crippen molar-refractivity contribution in [3.63, 3.8) is 0 Å². The van der Waals surface area contributed by atoms with E-state index in [0.717, 1.165) is 5.56 Å². The molecular weight excluding hydrogens is 258 g/mol. The molecule has 0 bridgehead atoms. The van der Waals surface area contributed by atoms with E-state index in [9.17, 15) is 4.79 Å². The van der Waals surface area contributed by atoms with Gasteiger partial charge in [0.15, 0.2) is 0 Å². The largest absolute Gasteiger partial charge is 0.478 e. The van der Waals surface area contributed by atoms with Crippen LogP contribution in [-0.2, 0) is 18.1 Å². The second-order valence-corrected chi connectivity index (χ2v) is 4.38. The highest BCUT2D eigenvalue weighted by Crippen LogP contribution is 2.17. The van der Waals surface area contributed by atoms with E-state index in [4.69, 9.17) is 9.94 Å². The molecule has 0 saturated carbocycles. The van der Waals surface area contributed by atoms with Crippen LogP contribution in [0.4, 0.5) is 0 Å². The molecule has 1 aliphatic rings. The van der Waals surface area contributed by atoms with Crippen molar-refractivity contribution in [2.75, 3.05) is 0 Å². The fraction of sp³-hybridized carbons (Fsp3) is 0.143. The molecule has 1 aromatic carbocycles. The SMILES string of the molecule is O=C(O)c1cnn2c1C=CN(OCc1ccccc1)C2. The summed E-state index contributed by atoms with van der Waals surface area (Å²) in [5.74, 6) is -0.977. The lowest BCUT2D eigenvalue weighted by atomic mass is 10.2. The molecule has 3 rings (SSSR count). The third-order valence-corrected chi connectivity index (χ3v) is 3.02. The van der Waals surface area contributed by atoms with Crippen molar-refractivity contribution in [3.05, 3.63) is 59.5 Å². The minimum atomic E-state index is -0.977. The van der Waals surface area contributed by atoms with Crippen molar-refractivity contribution >= 4 is 12.0 Å². The minimum absolute atomic E-state index is 0.198. The summed E-state index contributed by atoms with van der Waals surface area (Å²) in [5.41, 5.74) is 1.85. The summed E-state index contributed by atoms with van der Waals surface area (Å²) in [6.45, 7) is 0.819. The molecule has 20 heavy (non-hydrogen) atoms. The number of fused-ring (bicyclic) bond motifs is 1. The molecule has 102 valence electrons. The number of carbonyl (C=O) groups is 1. The maximum Gasteiger partial charge on any atom is 0.339 e. The average Bonchev–Trinajstić information content (AvgIpc) is 2.89. The summed E-state index contributed by atoms with van der Waals surface area (Å²) in [6, 6.07) is 9.82. The summed E-state index contributed by atoms with van der Waals surface area (Å²) >= 11 is 0. The zero-order valence-corrected chi connectivity index (χ0v) is 10.6. The van der Waals surface area contributed by atoms with Gasteiger partial charge in [0.2, 0.25) is 0 Å². The van der Waals surface area contributed by atoms with Crippen LogP contribution in [0.5, 0.6) is 0 Å². The third-order valence-electron chi connectivity index (χ3n) is 3.02. The van der Waals surface area contributed by atoms with Gasteiger partial charge in [0.25, 0.3) is 0 Å². The van der Waals surface area contributed by atoms with Crippen molar-refractivity contribution in [1.29, 1.82) is 0 Å². The van der Waals surface area contributed by atoms with Crippen molar-refractivity contribution in [3.8, 4) is 0 Å². The number of hydrogen-bond donors (Lipinski definition) is 1. The fourth-order valence-corrected chi connectivity index (χ4v) is 2.00. The summed E-state index contributed by atoms with van der Waals surface area (Å²) in [6.07, 6.45) is 4.75. The third kappa shape index (κ3) is 2.41. The maximum absolute atomic E-state index is 11.0. The van der Waals surface area contributed by atoms with Gasteiger partial charge < -0.3 is 5.11 Å². The summed E-state index contributed by atoms with van der Waals surface area (Å²) in [7, 11) is 0. The summed E-state index contributed by atoms with van der Waals surface area (Å²) < 4.78 is 1.59. The molecule has 0 aliphatic carbocycles. The summed E-state index contributed by atoms with van der Waals surface area (Å²) in [5, 5.41) is 14.7. The highest BCUT2D eigenvalue weighted by Gasteiger charge is 2.19. The number of hydroxylamine groups is 2. The number of rotatable bonds is 4. The average molecular weight is 271 g/mol. The van der Waals surface area contributed by atoms with Crippen molar-refractivity contribution < 1.29 is 14.7 Å². The van der Waals surface area contributed by atoms with E-state index < -0.39 is 5.97 Å². The molecule has 0 atom stereocenters. The van der Waals surface area contributed by atoms with Gasteiger partial charge in [0, 0.05) is 6.20 Å². The van der Waals surface area contributed by atoms with Gasteiger partial charge in [-0.15, -0.1) is 0 Å². The standard InChI is InChI=1S/C14H13N3O3/c18-14(19)12-8-15-17-10-16(7-6-13(12)17)20-9-11-4-2-1-3-5-11/h1-8H,9-10H2,(H,18,19). The van der Waals surface area contributed by atoms with Gasteiger partial charge in [0.1, 0.15) is 12.2 Å². The van der Waals surface area contributed by atoms with Gasteiger partial charge in [-0.1, -0.05) is 30.3 Å². The van der Waals surface area contributed by atoms with Crippen LogP contribution in [-0.4, -0.2) is 25.9 Å². The lowest BCUT2D eigenvalue weighted by molar-refractivity contribution is -0.154. The van der Waals surface area contributed by atoms with Crippen LogP contribution in [0.2, 0.25) is 0 Å². The Bertz CT molecular complexity index is 649. The second-order valence-electron chi connectivity index (χ2n) is 4.38. The summed E-state index contributed by atoms with van der Waals surface area (Å²) in [4.78, 5) is 16.6. The fourth-order valence-electron chi connectivity index (χ4n) is 2.00. The lowest BCUT2D eigenvalue weighted by Gasteiger charge is -2.23. The Morgan fingerprint density at radius 2 is 2.15 bits per heavy atom. The van der Waals surface area contributed by atoms with Gasteiger partial charge in [-0.25, -0.2) is 14.5 Å². The van der Waals surface area contributed by atoms with Crippen LogP contribution in [0, 0.1) is 0 Å². The van der Waals surface area contributed by atoms with Gasteiger partial charge in [-0.2, -0.15) is 5.10 Å². The molecule has 2 aromatic rings. The molecule has 0 fully saturated rings. The first-order chi connectivity index (χ1) is 9.74. The molecule has 0 saturated heterocycles. The van der Waals surface area contributed by atoms with E-state index in [0.29, 0.717) is 19.0 Å². The second kappa shape index (κ2) is 5.18. The van der Waals surface area contributed by atoms with Crippen LogP contribution in [0.15, 0.2) is 42.7 Å². The molecular formula is C14H13N3O3. The Morgan fingerprint density at radius 3 is 2.90 bits per heavy atom. The smallest absolute Gasteiger partial charge is 0.339 e. The Morgan fingerprint density at radius 1 is 1.35 bits per heavy atom. The first kappa shape index (κ1) is 12.4. The van der Waals surface area contributed by atoms with Gasteiger partial charge in [-0.3, -0.25) is 4.84 Å². The van der Waals surface area contributed by atoms with Crippen LogP contribution in [0.1, 0.15) is 21.6 Å². The Balaban J connectivity index is 1.67. The number of carboxylic acid groups (broad SMARTS) is 1. The number of benzene rings is 1. The molecule has 1 aliphatic heterocycles. The van der Waals surface area contributed by atoms with Crippen LogP contribution in [0.25, 0.3) is 6.08 Å². The Hall–Kier alpha value is -2.60. The van der Waals surface area contributed by atoms with Gasteiger partial charge in [0.05, 0.1) is 18.5 Å². The molecule has 6 heteroatoms. The number of aromatic nitrogens is 2. The van der Waals surface area contributed by atoms with Crippen molar-refractivity contribution in [1.82, 2.24) is 14.8 Å². The van der Waals surface area contributed by atoms with E-state index in [2.05, 4.69) is 5.10 Å². The molecule has 1 aromatic heterocycles. The van der Waals surface area contributed by atoms with Crippen molar-refractivity contribution in [2.24, 2.45) is 0 Å². The minimum Gasteiger partial charge on any atom is -0.478 e. The number of hydrogen-bond acceptors (Lipinski definition) is 4. The molecule has 1 N–H and O–H groups in total. The molecule has 0 unspecified atom stereocenters.